The molecule has 16 heavy (non-hydrogen) atoms. The number of rotatable bonds is 3. The molecule has 1 nitrogen and oxygen atoms in total. The molecule has 1 aromatic heterocycles. The predicted molar refractivity (Wildman–Crippen MR) is 62.7 cm³/mol. The molecule has 0 bridgehead atoms. The van der Waals surface area contributed by atoms with Gasteiger partial charge in [0.15, 0.2) is 0 Å². The minimum atomic E-state index is -0.548. The Hall–Kier alpha value is -1.42. The molecule has 0 amide bonds. The maximum atomic E-state index is 13.3. The molecule has 4 heteroatoms. The van der Waals surface area contributed by atoms with Crippen molar-refractivity contribution in [2.75, 3.05) is 5.32 Å². The Bertz CT molecular complexity index is 494. The minimum Gasteiger partial charge on any atom is -0.380 e. The van der Waals surface area contributed by atoms with E-state index in [2.05, 4.69) is 5.32 Å². The summed E-state index contributed by atoms with van der Waals surface area (Å²) in [6.45, 7) is 2.35. The van der Waals surface area contributed by atoms with E-state index >= 15 is 0 Å². The van der Waals surface area contributed by atoms with Crippen molar-refractivity contribution >= 4 is 17.0 Å². The standard InChI is InChI=1S/C12H11F2NS/c1-8-6-16-7-12(8)15-5-9-2-3-10(13)4-11(9)14/h2-4,6-7,15H,5H2,1H3. The van der Waals surface area contributed by atoms with E-state index in [0.717, 1.165) is 17.3 Å². The lowest BCUT2D eigenvalue weighted by Gasteiger charge is -2.06. The van der Waals surface area contributed by atoms with Gasteiger partial charge in [0.1, 0.15) is 11.6 Å². The summed E-state index contributed by atoms with van der Waals surface area (Å²) in [6, 6.07) is 3.62. The summed E-state index contributed by atoms with van der Waals surface area (Å²) in [5, 5.41) is 7.10. The van der Waals surface area contributed by atoms with Crippen molar-refractivity contribution in [3.05, 3.63) is 51.7 Å². The lowest BCUT2D eigenvalue weighted by molar-refractivity contribution is 0.574. The summed E-state index contributed by atoms with van der Waals surface area (Å²) >= 11 is 1.59. The van der Waals surface area contributed by atoms with Crippen LogP contribution >= 0.6 is 11.3 Å². The fourth-order valence-electron chi connectivity index (χ4n) is 1.40. The minimum absolute atomic E-state index is 0.365. The zero-order valence-electron chi connectivity index (χ0n) is 8.76. The molecule has 0 unspecified atom stereocenters. The normalized spacial score (nSPS) is 10.4. The second-order valence-electron chi connectivity index (χ2n) is 3.56. The third kappa shape index (κ3) is 2.39. The second kappa shape index (κ2) is 4.61. The molecule has 0 fully saturated rings. The van der Waals surface area contributed by atoms with E-state index in [-0.39, 0.29) is 0 Å². The molecule has 1 aromatic carbocycles. The lowest BCUT2D eigenvalue weighted by atomic mass is 10.2. The highest BCUT2D eigenvalue weighted by Crippen LogP contribution is 2.20. The van der Waals surface area contributed by atoms with Gasteiger partial charge in [-0.3, -0.25) is 0 Å². The van der Waals surface area contributed by atoms with Crippen LogP contribution in [-0.2, 0) is 6.54 Å². The molecule has 2 aromatic rings. The highest BCUT2D eigenvalue weighted by molar-refractivity contribution is 7.08. The molecular formula is C12H11F2NS. The van der Waals surface area contributed by atoms with E-state index in [1.165, 1.54) is 12.1 Å². The summed E-state index contributed by atoms with van der Waals surface area (Å²) in [5.74, 6) is -1.06. The van der Waals surface area contributed by atoms with Gasteiger partial charge in [0.25, 0.3) is 0 Å². The van der Waals surface area contributed by atoms with Crippen LogP contribution in [0.25, 0.3) is 0 Å². The van der Waals surface area contributed by atoms with Crippen LogP contribution < -0.4 is 5.32 Å². The second-order valence-corrected chi connectivity index (χ2v) is 4.30. The van der Waals surface area contributed by atoms with Crippen molar-refractivity contribution in [1.29, 1.82) is 0 Å². The van der Waals surface area contributed by atoms with Gasteiger partial charge < -0.3 is 5.32 Å². The maximum absolute atomic E-state index is 13.3. The quantitative estimate of drug-likeness (QED) is 0.855. The maximum Gasteiger partial charge on any atom is 0.131 e. The van der Waals surface area contributed by atoms with Gasteiger partial charge in [-0.25, -0.2) is 8.78 Å². The smallest absolute Gasteiger partial charge is 0.131 e. The molecule has 0 saturated carbocycles. The molecule has 0 aliphatic heterocycles. The Balaban J connectivity index is 2.08. The Morgan fingerprint density at radius 1 is 1.25 bits per heavy atom. The number of aryl methyl sites for hydroxylation is 1. The van der Waals surface area contributed by atoms with E-state index in [1.807, 2.05) is 17.7 Å². The first kappa shape index (κ1) is 11.1. The zero-order chi connectivity index (χ0) is 11.5. The summed E-state index contributed by atoms with van der Waals surface area (Å²) in [4.78, 5) is 0. The van der Waals surface area contributed by atoms with Crippen LogP contribution in [0.15, 0.2) is 29.0 Å². The van der Waals surface area contributed by atoms with E-state index < -0.39 is 11.6 Å². The SMILES string of the molecule is Cc1cscc1NCc1ccc(F)cc1F. The molecule has 0 spiro atoms. The Labute approximate surface area is 96.7 Å². The summed E-state index contributed by atoms with van der Waals surface area (Å²) < 4.78 is 26.0. The Kier molecular flexibility index (Phi) is 3.19. The van der Waals surface area contributed by atoms with Crippen LogP contribution in [0.1, 0.15) is 11.1 Å². The largest absolute Gasteiger partial charge is 0.380 e. The molecule has 0 radical (unpaired) electrons. The van der Waals surface area contributed by atoms with Crippen molar-refractivity contribution in [2.45, 2.75) is 13.5 Å². The van der Waals surface area contributed by atoms with E-state index in [4.69, 9.17) is 0 Å². The third-order valence-electron chi connectivity index (χ3n) is 2.34. The molecule has 0 aliphatic rings. The van der Waals surface area contributed by atoms with E-state index in [1.54, 1.807) is 11.3 Å². The van der Waals surface area contributed by atoms with Crippen LogP contribution in [0.3, 0.4) is 0 Å². The first-order chi connectivity index (χ1) is 7.66. The van der Waals surface area contributed by atoms with Gasteiger partial charge in [0, 0.05) is 29.2 Å². The van der Waals surface area contributed by atoms with Gasteiger partial charge in [0.05, 0.1) is 0 Å². The fraction of sp³-hybridized carbons (Fsp3) is 0.167. The number of thiophene rings is 1. The van der Waals surface area contributed by atoms with Crippen LogP contribution in [0.4, 0.5) is 14.5 Å². The molecule has 0 saturated heterocycles. The molecule has 84 valence electrons. The predicted octanol–water partition coefficient (Wildman–Crippen LogP) is 3.95. The zero-order valence-corrected chi connectivity index (χ0v) is 9.57. The molecular weight excluding hydrogens is 228 g/mol. The van der Waals surface area contributed by atoms with Crippen LogP contribution in [0.2, 0.25) is 0 Å². The van der Waals surface area contributed by atoms with Crippen LogP contribution in [0.5, 0.6) is 0 Å². The molecule has 0 atom stereocenters. The van der Waals surface area contributed by atoms with Crippen molar-refractivity contribution < 1.29 is 8.78 Å². The molecule has 0 aliphatic carbocycles. The van der Waals surface area contributed by atoms with E-state index in [9.17, 15) is 8.78 Å². The number of halogens is 2. The average molecular weight is 239 g/mol. The van der Waals surface area contributed by atoms with Crippen molar-refractivity contribution in [3.8, 4) is 0 Å². The topological polar surface area (TPSA) is 12.0 Å². The number of benzene rings is 1. The van der Waals surface area contributed by atoms with Gasteiger partial charge in [-0.15, -0.1) is 11.3 Å². The van der Waals surface area contributed by atoms with Gasteiger partial charge in [0.2, 0.25) is 0 Å². The van der Waals surface area contributed by atoms with Gasteiger partial charge in [-0.05, 0) is 23.9 Å². The lowest BCUT2D eigenvalue weighted by Crippen LogP contribution is -2.02. The van der Waals surface area contributed by atoms with E-state index in [0.29, 0.717) is 12.1 Å². The molecule has 2 rings (SSSR count). The van der Waals surface area contributed by atoms with Crippen molar-refractivity contribution in [3.63, 3.8) is 0 Å². The first-order valence-electron chi connectivity index (χ1n) is 4.87. The number of hydrogen-bond donors (Lipinski definition) is 1. The first-order valence-corrected chi connectivity index (χ1v) is 5.81. The number of nitrogens with one attached hydrogen (secondary N) is 1. The monoisotopic (exact) mass is 239 g/mol. The number of anilines is 1. The summed E-state index contributed by atoms with van der Waals surface area (Å²) in [5.41, 5.74) is 2.59. The highest BCUT2D eigenvalue weighted by atomic mass is 32.1. The Morgan fingerprint density at radius 3 is 2.69 bits per heavy atom. The fourth-order valence-corrected chi connectivity index (χ4v) is 2.20. The van der Waals surface area contributed by atoms with Gasteiger partial charge >= 0.3 is 0 Å². The average Bonchev–Trinajstić information content (AvgIpc) is 2.63. The summed E-state index contributed by atoms with van der Waals surface area (Å²) in [6.07, 6.45) is 0. The van der Waals surface area contributed by atoms with Crippen LogP contribution in [0, 0.1) is 18.6 Å². The Morgan fingerprint density at radius 2 is 2.06 bits per heavy atom. The number of hydrogen-bond acceptors (Lipinski definition) is 2. The molecule has 1 N–H and O–H groups in total. The van der Waals surface area contributed by atoms with Crippen molar-refractivity contribution in [2.24, 2.45) is 0 Å². The summed E-state index contributed by atoms with van der Waals surface area (Å²) in [7, 11) is 0. The van der Waals surface area contributed by atoms with Gasteiger partial charge in [-0.1, -0.05) is 6.07 Å². The van der Waals surface area contributed by atoms with Crippen LogP contribution in [-0.4, -0.2) is 0 Å². The highest BCUT2D eigenvalue weighted by Gasteiger charge is 2.04. The third-order valence-corrected chi connectivity index (χ3v) is 3.20. The van der Waals surface area contributed by atoms with Gasteiger partial charge in [-0.2, -0.15) is 0 Å². The molecule has 1 heterocycles. The van der Waals surface area contributed by atoms with Crippen molar-refractivity contribution in [1.82, 2.24) is 0 Å².